The topological polar surface area (TPSA) is 86.2 Å². The average molecular weight is 379 g/mol. The van der Waals surface area contributed by atoms with E-state index in [1.807, 2.05) is 36.4 Å². The summed E-state index contributed by atoms with van der Waals surface area (Å²) in [5.74, 6) is 0. The minimum Gasteiger partial charge on any atom is -0.394 e. The van der Waals surface area contributed by atoms with Crippen LogP contribution in [0.25, 0.3) is 11.3 Å². The molecule has 3 rings (SSSR count). The summed E-state index contributed by atoms with van der Waals surface area (Å²) in [6.45, 7) is 0. The summed E-state index contributed by atoms with van der Waals surface area (Å²) in [5.41, 5.74) is 10.2. The molecule has 0 atom stereocenters. The number of anilines is 1. The maximum atomic E-state index is 11.5. The molecule has 0 aliphatic heterocycles. The van der Waals surface area contributed by atoms with E-state index in [4.69, 9.17) is 10.3 Å². The zero-order chi connectivity index (χ0) is 17.2. The molecule has 1 heterocycles. The van der Waals surface area contributed by atoms with Crippen LogP contribution in [0, 0.1) is 0 Å². The van der Waals surface area contributed by atoms with Gasteiger partial charge >= 0.3 is 0 Å². The molecule has 1 aromatic heterocycles. The van der Waals surface area contributed by atoms with E-state index in [1.54, 1.807) is 12.1 Å². The maximum absolute atomic E-state index is 11.5. The second-order valence-corrected chi connectivity index (χ2v) is 7.75. The van der Waals surface area contributed by atoms with Crippen molar-refractivity contribution in [3.05, 3.63) is 65.9 Å². The van der Waals surface area contributed by atoms with Gasteiger partial charge in [-0.05, 0) is 36.1 Å². The van der Waals surface area contributed by atoms with Crippen LogP contribution in [-0.2, 0) is 22.7 Å². The number of hydrogen-bond acceptors (Lipinski definition) is 5. The number of nitrogens with zero attached hydrogens (tertiary/aromatic N) is 1. The van der Waals surface area contributed by atoms with E-state index in [2.05, 4.69) is 5.16 Å². The average Bonchev–Trinajstić information content (AvgIpc) is 2.99. The van der Waals surface area contributed by atoms with Gasteiger partial charge in [0.25, 0.3) is 0 Å². The zero-order valence-corrected chi connectivity index (χ0v) is 15.3. The van der Waals surface area contributed by atoms with E-state index in [9.17, 15) is 8.42 Å². The molecule has 7 heteroatoms. The van der Waals surface area contributed by atoms with Crippen molar-refractivity contribution in [3.8, 4) is 11.3 Å². The number of halogens is 1. The van der Waals surface area contributed by atoms with Crippen molar-refractivity contribution in [2.24, 2.45) is 0 Å². The molecule has 25 heavy (non-hydrogen) atoms. The van der Waals surface area contributed by atoms with E-state index < -0.39 is 9.84 Å². The van der Waals surface area contributed by atoms with Crippen LogP contribution in [0.3, 0.4) is 0 Å². The summed E-state index contributed by atoms with van der Waals surface area (Å²) in [4.78, 5) is 0.348. The molecule has 0 unspecified atom stereocenters. The van der Waals surface area contributed by atoms with Crippen molar-refractivity contribution >= 4 is 27.9 Å². The summed E-state index contributed by atoms with van der Waals surface area (Å²) in [6, 6.07) is 15.0. The summed E-state index contributed by atoms with van der Waals surface area (Å²) in [5, 5.41) is 3.89. The second-order valence-electron chi connectivity index (χ2n) is 5.73. The van der Waals surface area contributed by atoms with Crippen molar-refractivity contribution in [1.82, 2.24) is 5.16 Å². The molecular formula is C18H19ClN2O3S. The molecule has 0 aliphatic carbocycles. The number of aromatic nitrogens is 1. The number of benzene rings is 2. The van der Waals surface area contributed by atoms with Gasteiger partial charge in [-0.1, -0.05) is 41.6 Å². The van der Waals surface area contributed by atoms with Crippen LogP contribution >= 0.6 is 12.4 Å². The number of rotatable bonds is 5. The highest BCUT2D eigenvalue weighted by Crippen LogP contribution is 2.24. The van der Waals surface area contributed by atoms with Gasteiger partial charge in [0, 0.05) is 11.8 Å². The van der Waals surface area contributed by atoms with Gasteiger partial charge in [0.05, 0.1) is 4.90 Å². The normalized spacial score (nSPS) is 11.1. The zero-order valence-electron chi connectivity index (χ0n) is 13.7. The van der Waals surface area contributed by atoms with Crippen molar-refractivity contribution in [1.29, 1.82) is 0 Å². The first kappa shape index (κ1) is 19.0. The van der Waals surface area contributed by atoms with Crippen LogP contribution in [0.5, 0.6) is 0 Å². The SMILES string of the molecule is CS(=O)(=O)c1ccc(CCc2ccc(-c3nocc3N)cc2)cc1.Cl. The van der Waals surface area contributed by atoms with Gasteiger partial charge in [-0.2, -0.15) is 0 Å². The summed E-state index contributed by atoms with van der Waals surface area (Å²) in [6.07, 6.45) is 4.34. The lowest BCUT2D eigenvalue weighted by atomic mass is 10.0. The molecule has 3 aromatic rings. The fraction of sp³-hybridized carbons (Fsp3) is 0.167. The number of hydrogen-bond donors (Lipinski definition) is 1. The largest absolute Gasteiger partial charge is 0.394 e. The number of aryl methyl sites for hydroxylation is 2. The summed E-state index contributed by atoms with van der Waals surface area (Å²) in [7, 11) is -3.14. The minimum atomic E-state index is -3.14. The first-order valence-corrected chi connectivity index (χ1v) is 9.41. The molecular weight excluding hydrogens is 360 g/mol. The highest BCUT2D eigenvalue weighted by atomic mass is 35.5. The Bertz CT molecular complexity index is 933. The van der Waals surface area contributed by atoms with Crippen molar-refractivity contribution in [2.45, 2.75) is 17.7 Å². The number of nitrogens with two attached hydrogens (primary N) is 1. The molecule has 0 saturated heterocycles. The van der Waals surface area contributed by atoms with Crippen LogP contribution in [-0.4, -0.2) is 19.8 Å². The van der Waals surface area contributed by atoms with Crippen molar-refractivity contribution in [3.63, 3.8) is 0 Å². The van der Waals surface area contributed by atoms with E-state index in [0.29, 0.717) is 16.3 Å². The Hall–Kier alpha value is -2.31. The molecule has 0 bridgehead atoms. The van der Waals surface area contributed by atoms with Crippen LogP contribution in [0.2, 0.25) is 0 Å². The van der Waals surface area contributed by atoms with Gasteiger partial charge < -0.3 is 10.3 Å². The Labute approximate surface area is 153 Å². The van der Waals surface area contributed by atoms with E-state index in [1.165, 1.54) is 18.1 Å². The van der Waals surface area contributed by atoms with Crippen LogP contribution in [0.1, 0.15) is 11.1 Å². The van der Waals surface area contributed by atoms with Crippen LogP contribution < -0.4 is 5.73 Å². The molecule has 0 aliphatic rings. The highest BCUT2D eigenvalue weighted by molar-refractivity contribution is 7.90. The Morgan fingerprint density at radius 1 is 0.960 bits per heavy atom. The van der Waals surface area contributed by atoms with Gasteiger partial charge in [-0.3, -0.25) is 0 Å². The lowest BCUT2D eigenvalue weighted by molar-refractivity contribution is 0.422. The van der Waals surface area contributed by atoms with E-state index in [-0.39, 0.29) is 12.4 Å². The molecule has 0 radical (unpaired) electrons. The lowest BCUT2D eigenvalue weighted by Crippen LogP contribution is -1.97. The van der Waals surface area contributed by atoms with Gasteiger partial charge in [-0.15, -0.1) is 12.4 Å². The third-order valence-corrected chi connectivity index (χ3v) is 5.01. The molecule has 132 valence electrons. The third-order valence-electron chi connectivity index (χ3n) is 3.88. The van der Waals surface area contributed by atoms with E-state index >= 15 is 0 Å². The molecule has 5 nitrogen and oxygen atoms in total. The molecule has 2 aromatic carbocycles. The van der Waals surface area contributed by atoms with Crippen LogP contribution in [0.4, 0.5) is 5.69 Å². The number of nitrogen functional groups attached to an aromatic ring is 1. The fourth-order valence-electron chi connectivity index (χ4n) is 2.48. The highest BCUT2D eigenvalue weighted by Gasteiger charge is 2.08. The van der Waals surface area contributed by atoms with E-state index in [0.717, 1.165) is 24.0 Å². The van der Waals surface area contributed by atoms with Crippen molar-refractivity contribution in [2.75, 3.05) is 12.0 Å². The first-order chi connectivity index (χ1) is 11.4. The van der Waals surface area contributed by atoms with Gasteiger partial charge in [-0.25, -0.2) is 8.42 Å². The molecule has 0 fully saturated rings. The molecule has 0 spiro atoms. The Kier molecular flexibility index (Phi) is 5.87. The standard InChI is InChI=1S/C18H18N2O3S.ClH/c1-24(21,22)16-10-6-14(7-11-16)3-2-13-4-8-15(9-5-13)18-17(19)12-23-20-18;/h4-12H,2-3,19H2,1H3;1H. The second kappa shape index (κ2) is 7.72. The minimum absolute atomic E-state index is 0. The molecule has 0 saturated carbocycles. The maximum Gasteiger partial charge on any atom is 0.175 e. The Morgan fingerprint density at radius 3 is 1.92 bits per heavy atom. The third kappa shape index (κ3) is 4.61. The molecule has 2 N–H and O–H groups in total. The molecule has 0 amide bonds. The Balaban J connectivity index is 0.00000225. The first-order valence-electron chi connectivity index (χ1n) is 7.51. The summed E-state index contributed by atoms with van der Waals surface area (Å²) < 4.78 is 27.8. The monoisotopic (exact) mass is 378 g/mol. The fourth-order valence-corrected chi connectivity index (χ4v) is 3.12. The predicted molar refractivity (Wildman–Crippen MR) is 101 cm³/mol. The predicted octanol–water partition coefficient (Wildman–Crippen LogP) is 3.53. The van der Waals surface area contributed by atoms with Crippen molar-refractivity contribution < 1.29 is 12.9 Å². The smallest absolute Gasteiger partial charge is 0.175 e. The van der Waals surface area contributed by atoms with Crippen LogP contribution in [0.15, 0.2) is 64.2 Å². The summed E-state index contributed by atoms with van der Waals surface area (Å²) >= 11 is 0. The van der Waals surface area contributed by atoms with Gasteiger partial charge in [0.15, 0.2) is 9.84 Å². The quantitative estimate of drug-likeness (QED) is 0.733. The van der Waals surface area contributed by atoms with Gasteiger partial charge in [0.1, 0.15) is 17.6 Å². The number of sulfone groups is 1. The van der Waals surface area contributed by atoms with Gasteiger partial charge in [0.2, 0.25) is 0 Å². The lowest BCUT2D eigenvalue weighted by Gasteiger charge is -2.05. The Morgan fingerprint density at radius 2 is 1.48 bits per heavy atom.